The molecule has 3 nitrogen and oxygen atoms in total. The van der Waals surface area contributed by atoms with Gasteiger partial charge in [-0.1, -0.05) is 0 Å². The van der Waals surface area contributed by atoms with Gasteiger partial charge in [0, 0.05) is 18.5 Å². The monoisotopic (exact) mass is 241 g/mol. The van der Waals surface area contributed by atoms with E-state index in [1.54, 1.807) is 0 Å². The number of benzene rings is 1. The van der Waals surface area contributed by atoms with Crippen molar-refractivity contribution in [2.24, 2.45) is 0 Å². The summed E-state index contributed by atoms with van der Waals surface area (Å²) >= 11 is 0. The second-order valence-corrected chi connectivity index (χ2v) is 4.80. The molecule has 0 unspecified atom stereocenters. The van der Waals surface area contributed by atoms with Gasteiger partial charge in [-0.2, -0.15) is 0 Å². The van der Waals surface area contributed by atoms with E-state index in [0.717, 1.165) is 37.6 Å². The van der Waals surface area contributed by atoms with Gasteiger partial charge in [-0.25, -0.2) is 4.98 Å². The summed E-state index contributed by atoms with van der Waals surface area (Å²) < 4.78 is 5.39. The summed E-state index contributed by atoms with van der Waals surface area (Å²) in [5.41, 5.74) is 3.54. The van der Waals surface area contributed by atoms with Crippen LogP contribution in [0.25, 0.3) is 10.9 Å². The molecular weight excluding hydrogens is 224 g/mol. The first-order valence-electron chi connectivity index (χ1n) is 6.36. The Morgan fingerprint density at radius 3 is 2.72 bits per heavy atom. The smallest absolute Gasteiger partial charge is 0.129 e. The quantitative estimate of drug-likeness (QED) is 0.767. The predicted molar refractivity (Wildman–Crippen MR) is 73.1 cm³/mol. The van der Waals surface area contributed by atoms with Gasteiger partial charge in [-0.15, -0.1) is 0 Å². The molecule has 93 valence electrons. The molecule has 0 aliphatic carbocycles. The predicted octanol–water partition coefficient (Wildman–Crippen LogP) is 2.49. The maximum Gasteiger partial charge on any atom is 0.129 e. The van der Waals surface area contributed by atoms with Gasteiger partial charge in [0.05, 0.1) is 18.7 Å². The van der Waals surface area contributed by atoms with Gasteiger partial charge in [0.25, 0.3) is 0 Å². The van der Waals surface area contributed by atoms with E-state index >= 15 is 0 Å². The van der Waals surface area contributed by atoms with Crippen molar-refractivity contribution in [3.8, 4) is 0 Å². The van der Waals surface area contributed by atoms with Crippen molar-refractivity contribution in [3.63, 3.8) is 0 Å². The van der Waals surface area contributed by atoms with Gasteiger partial charge in [0.2, 0.25) is 0 Å². The van der Waals surface area contributed by atoms with Crippen molar-refractivity contribution in [2.75, 3.05) is 31.2 Å². The van der Waals surface area contributed by atoms with Crippen molar-refractivity contribution in [1.29, 1.82) is 0 Å². The molecule has 2 heterocycles. The van der Waals surface area contributed by atoms with E-state index < -0.39 is 0 Å². The first-order valence-corrected chi connectivity index (χ1v) is 6.36. The molecule has 0 N–H and O–H groups in total. The summed E-state index contributed by atoms with van der Waals surface area (Å²) in [6.07, 6.45) is 0. The molecule has 1 aromatic carbocycles. The second-order valence-electron chi connectivity index (χ2n) is 4.80. The number of aromatic nitrogens is 1. The van der Waals surface area contributed by atoms with Crippen molar-refractivity contribution in [3.05, 3.63) is 35.4 Å². The lowest BCUT2D eigenvalue weighted by Crippen LogP contribution is -2.36. The second kappa shape index (κ2) is 4.58. The number of ether oxygens (including phenoxy) is 1. The molecule has 18 heavy (non-hydrogen) atoms. The van der Waals surface area contributed by atoms with E-state index in [-0.39, 0.29) is 0 Å². The van der Waals surface area contributed by atoms with Gasteiger partial charge in [-0.3, -0.25) is 0 Å². The third kappa shape index (κ3) is 1.95. The van der Waals surface area contributed by atoms with Crippen molar-refractivity contribution in [1.82, 2.24) is 4.98 Å². The molecular formula is C15H17N2O. The highest BCUT2D eigenvalue weighted by Gasteiger charge is 2.14. The number of pyridine rings is 1. The Labute approximate surface area is 107 Å². The van der Waals surface area contributed by atoms with Crippen LogP contribution in [-0.4, -0.2) is 31.3 Å². The Hall–Kier alpha value is -1.61. The SMILES string of the molecule is Cc1cc(N2CCOCC2)nc2c(C)c[c]cc12. The summed E-state index contributed by atoms with van der Waals surface area (Å²) in [5, 5.41) is 1.20. The molecule has 1 aliphatic rings. The zero-order chi connectivity index (χ0) is 12.5. The Kier molecular flexibility index (Phi) is 2.92. The number of hydrogen-bond acceptors (Lipinski definition) is 3. The Morgan fingerprint density at radius 1 is 1.17 bits per heavy atom. The summed E-state index contributed by atoms with van der Waals surface area (Å²) in [7, 11) is 0. The third-order valence-electron chi connectivity index (χ3n) is 3.49. The van der Waals surface area contributed by atoms with Crippen LogP contribution in [0.5, 0.6) is 0 Å². The van der Waals surface area contributed by atoms with Gasteiger partial charge in [0.1, 0.15) is 5.82 Å². The molecule has 3 rings (SSSR count). The number of fused-ring (bicyclic) bond motifs is 1. The van der Waals surface area contributed by atoms with Crippen LogP contribution in [0.1, 0.15) is 11.1 Å². The standard InChI is InChI=1S/C15H17N2O/c1-11-4-3-5-13-12(2)10-14(16-15(11)13)17-6-8-18-9-7-17/h4-5,10H,6-9H2,1-2H3. The average Bonchev–Trinajstić information content (AvgIpc) is 2.41. The van der Waals surface area contributed by atoms with Crippen LogP contribution >= 0.6 is 0 Å². The highest BCUT2D eigenvalue weighted by molar-refractivity contribution is 5.86. The zero-order valence-corrected chi connectivity index (χ0v) is 10.9. The maximum atomic E-state index is 5.39. The van der Waals surface area contributed by atoms with Crippen LogP contribution in [0, 0.1) is 19.9 Å². The lowest BCUT2D eigenvalue weighted by atomic mass is 10.1. The molecule has 1 aliphatic heterocycles. The van der Waals surface area contributed by atoms with Gasteiger partial charge in [-0.05, 0) is 49.2 Å². The topological polar surface area (TPSA) is 25.4 Å². The Morgan fingerprint density at radius 2 is 1.94 bits per heavy atom. The number of anilines is 1. The van der Waals surface area contributed by atoms with Gasteiger partial charge >= 0.3 is 0 Å². The molecule has 0 bridgehead atoms. The minimum absolute atomic E-state index is 0.792. The van der Waals surface area contributed by atoms with E-state index in [2.05, 4.69) is 30.9 Å². The van der Waals surface area contributed by atoms with Gasteiger partial charge < -0.3 is 9.64 Å². The van der Waals surface area contributed by atoms with Crippen LogP contribution in [-0.2, 0) is 4.74 Å². The Bertz CT molecular complexity index is 574. The minimum Gasteiger partial charge on any atom is -0.378 e. The average molecular weight is 241 g/mol. The molecule has 1 aromatic heterocycles. The molecule has 3 heteroatoms. The largest absolute Gasteiger partial charge is 0.378 e. The summed E-state index contributed by atoms with van der Waals surface area (Å²) in [6.45, 7) is 7.67. The minimum atomic E-state index is 0.792. The number of nitrogens with zero attached hydrogens (tertiary/aromatic N) is 2. The molecule has 1 radical (unpaired) electrons. The first kappa shape index (κ1) is 11.5. The van der Waals surface area contributed by atoms with E-state index in [0.29, 0.717) is 0 Å². The third-order valence-corrected chi connectivity index (χ3v) is 3.49. The lowest BCUT2D eigenvalue weighted by molar-refractivity contribution is 0.122. The van der Waals surface area contributed by atoms with Crippen LogP contribution in [0.2, 0.25) is 0 Å². The first-order chi connectivity index (χ1) is 8.75. The summed E-state index contributed by atoms with van der Waals surface area (Å²) in [6, 6.07) is 9.36. The molecule has 1 saturated heterocycles. The number of aryl methyl sites for hydroxylation is 2. The molecule has 0 atom stereocenters. The maximum absolute atomic E-state index is 5.39. The zero-order valence-electron chi connectivity index (χ0n) is 10.9. The highest BCUT2D eigenvalue weighted by Crippen LogP contribution is 2.24. The van der Waals surface area contributed by atoms with Crippen molar-refractivity contribution >= 4 is 16.7 Å². The number of hydrogen-bond donors (Lipinski definition) is 0. The molecule has 1 fully saturated rings. The van der Waals surface area contributed by atoms with Crippen LogP contribution in [0.15, 0.2) is 18.2 Å². The fourth-order valence-electron chi connectivity index (χ4n) is 2.42. The van der Waals surface area contributed by atoms with E-state index in [1.807, 2.05) is 12.1 Å². The highest BCUT2D eigenvalue weighted by atomic mass is 16.5. The van der Waals surface area contributed by atoms with E-state index in [9.17, 15) is 0 Å². The van der Waals surface area contributed by atoms with Crippen LogP contribution in [0.3, 0.4) is 0 Å². The van der Waals surface area contributed by atoms with Crippen molar-refractivity contribution < 1.29 is 4.74 Å². The van der Waals surface area contributed by atoms with Gasteiger partial charge in [0.15, 0.2) is 0 Å². The fourth-order valence-corrected chi connectivity index (χ4v) is 2.42. The number of rotatable bonds is 1. The summed E-state index contributed by atoms with van der Waals surface area (Å²) in [5.74, 6) is 1.07. The van der Waals surface area contributed by atoms with Crippen molar-refractivity contribution in [2.45, 2.75) is 13.8 Å². The Balaban J connectivity index is 2.11. The molecule has 0 amide bonds. The molecule has 2 aromatic rings. The van der Waals surface area contributed by atoms with E-state index in [1.165, 1.54) is 16.5 Å². The fraction of sp³-hybridized carbons (Fsp3) is 0.400. The summed E-state index contributed by atoms with van der Waals surface area (Å²) in [4.78, 5) is 7.11. The van der Waals surface area contributed by atoms with Crippen LogP contribution in [0.4, 0.5) is 5.82 Å². The lowest BCUT2D eigenvalue weighted by Gasteiger charge is -2.28. The van der Waals surface area contributed by atoms with Crippen LogP contribution < -0.4 is 4.90 Å². The van der Waals surface area contributed by atoms with E-state index in [4.69, 9.17) is 9.72 Å². The number of morpholine rings is 1. The normalized spacial score (nSPS) is 16.2. The molecule has 0 saturated carbocycles. The molecule has 0 spiro atoms.